The van der Waals surface area contributed by atoms with Crippen LogP contribution in [0.2, 0.25) is 0 Å². The number of thiophene rings is 1. The first-order chi connectivity index (χ1) is 16.5. The Morgan fingerprint density at radius 2 is 1.82 bits per heavy atom. The topological polar surface area (TPSA) is 133 Å². The second-order valence-electron chi connectivity index (χ2n) is 7.44. The minimum atomic E-state index is -0.840. The molecule has 0 radical (unpaired) electrons. The van der Waals surface area contributed by atoms with Gasteiger partial charge in [0.05, 0.1) is 17.7 Å². The van der Waals surface area contributed by atoms with Crippen molar-refractivity contribution in [2.45, 2.75) is 19.0 Å². The van der Waals surface area contributed by atoms with Gasteiger partial charge in [-0.2, -0.15) is 0 Å². The Morgan fingerprint density at radius 3 is 2.56 bits per heavy atom. The van der Waals surface area contributed by atoms with Crippen molar-refractivity contribution in [3.8, 4) is 0 Å². The molecule has 4 amide bonds. The number of anilines is 1. The zero-order chi connectivity index (χ0) is 23.9. The van der Waals surface area contributed by atoms with Crippen LogP contribution in [0.15, 0.2) is 77.4 Å². The molecule has 0 fully saturated rings. The van der Waals surface area contributed by atoms with Crippen LogP contribution in [0.4, 0.5) is 10.5 Å². The molecule has 0 aliphatic carbocycles. The molecule has 174 valence electrons. The normalized spacial score (nSPS) is 11.6. The van der Waals surface area contributed by atoms with E-state index in [0.29, 0.717) is 22.7 Å². The summed E-state index contributed by atoms with van der Waals surface area (Å²) < 4.78 is 6.04. The third-order valence-corrected chi connectivity index (χ3v) is 6.13. The standard InChI is InChI=1S/C24H22N4O5S/c29-22(26-17-8-9-20-16(12-17)13-21(34-20)23(30)28-32)19(11-15-5-2-1-3-6-15)27-24(31)25-14-18-7-4-10-33-18/h1-10,12-13,19,32H,11,14H2,(H,26,29)(H,28,30)(H2,25,27,31). The van der Waals surface area contributed by atoms with Gasteiger partial charge in [0.25, 0.3) is 5.91 Å². The van der Waals surface area contributed by atoms with Gasteiger partial charge in [-0.1, -0.05) is 30.3 Å². The highest BCUT2D eigenvalue weighted by Crippen LogP contribution is 2.28. The fourth-order valence-corrected chi connectivity index (χ4v) is 4.30. The summed E-state index contributed by atoms with van der Waals surface area (Å²) in [4.78, 5) is 37.6. The molecule has 0 bridgehead atoms. The van der Waals surface area contributed by atoms with E-state index in [1.165, 1.54) is 17.6 Å². The fourth-order valence-electron chi connectivity index (χ4n) is 3.37. The van der Waals surface area contributed by atoms with Crippen molar-refractivity contribution in [3.63, 3.8) is 0 Å². The summed E-state index contributed by atoms with van der Waals surface area (Å²) in [6.45, 7) is 0.192. The Kier molecular flexibility index (Phi) is 7.21. The molecule has 2 aromatic carbocycles. The monoisotopic (exact) mass is 478 g/mol. The molecular weight excluding hydrogens is 456 g/mol. The number of urea groups is 1. The third-order valence-electron chi connectivity index (χ3n) is 5.02. The van der Waals surface area contributed by atoms with Gasteiger partial charge < -0.3 is 20.4 Å². The predicted octanol–water partition coefficient (Wildman–Crippen LogP) is 3.66. The minimum Gasteiger partial charge on any atom is -0.467 e. The highest BCUT2D eigenvalue weighted by Gasteiger charge is 2.22. The number of carbonyl (C=O) groups excluding carboxylic acids is 3. The predicted molar refractivity (Wildman–Crippen MR) is 128 cm³/mol. The van der Waals surface area contributed by atoms with Crippen molar-refractivity contribution >= 4 is 45.0 Å². The molecule has 0 aliphatic rings. The summed E-state index contributed by atoms with van der Waals surface area (Å²) in [6, 6.07) is 18.4. The Morgan fingerprint density at radius 1 is 1.00 bits per heavy atom. The molecule has 0 spiro atoms. The van der Waals surface area contributed by atoms with Gasteiger partial charge in [-0.25, -0.2) is 10.3 Å². The molecular formula is C24H22N4O5S. The molecule has 5 N–H and O–H groups in total. The Balaban J connectivity index is 1.47. The summed E-state index contributed by atoms with van der Waals surface area (Å²) >= 11 is 1.22. The highest BCUT2D eigenvalue weighted by molar-refractivity contribution is 7.20. The molecule has 34 heavy (non-hydrogen) atoms. The molecule has 10 heteroatoms. The number of hydroxylamine groups is 1. The van der Waals surface area contributed by atoms with Crippen LogP contribution < -0.4 is 21.4 Å². The summed E-state index contributed by atoms with van der Waals surface area (Å²) in [5, 5.41) is 17.8. The lowest BCUT2D eigenvalue weighted by Gasteiger charge is -2.19. The molecule has 4 aromatic rings. The molecule has 0 aliphatic heterocycles. The SMILES string of the molecule is O=C(NCc1ccco1)NC(Cc1ccccc1)C(=O)Nc1ccc2sc(C(=O)NO)cc2c1. The molecule has 1 atom stereocenters. The van der Waals surface area contributed by atoms with E-state index in [9.17, 15) is 14.4 Å². The molecule has 0 saturated carbocycles. The van der Waals surface area contributed by atoms with Crippen LogP contribution in [-0.2, 0) is 17.8 Å². The number of hydrogen-bond donors (Lipinski definition) is 5. The van der Waals surface area contributed by atoms with Gasteiger partial charge >= 0.3 is 6.03 Å². The third kappa shape index (κ3) is 5.80. The van der Waals surface area contributed by atoms with Gasteiger partial charge in [-0.15, -0.1) is 11.3 Å². The molecule has 9 nitrogen and oxygen atoms in total. The quantitative estimate of drug-likeness (QED) is 0.195. The van der Waals surface area contributed by atoms with Gasteiger partial charge in [0, 0.05) is 16.8 Å². The molecule has 4 rings (SSSR count). The first-order valence-corrected chi connectivity index (χ1v) is 11.2. The maximum Gasteiger partial charge on any atom is 0.315 e. The van der Waals surface area contributed by atoms with Crippen molar-refractivity contribution in [1.29, 1.82) is 0 Å². The number of fused-ring (bicyclic) bond motifs is 1. The summed E-state index contributed by atoms with van der Waals surface area (Å²) in [6.07, 6.45) is 1.81. The van der Waals surface area contributed by atoms with Crippen molar-refractivity contribution < 1.29 is 24.0 Å². The van der Waals surface area contributed by atoms with E-state index >= 15 is 0 Å². The summed E-state index contributed by atoms with van der Waals surface area (Å²) in [5.41, 5.74) is 3.02. The largest absolute Gasteiger partial charge is 0.467 e. The van der Waals surface area contributed by atoms with Crippen LogP contribution in [0.1, 0.15) is 21.0 Å². The minimum absolute atomic E-state index is 0.192. The Labute approximate surface area is 198 Å². The van der Waals surface area contributed by atoms with Gasteiger partial charge in [-0.05, 0) is 47.3 Å². The van der Waals surface area contributed by atoms with Gasteiger partial charge in [0.2, 0.25) is 5.91 Å². The number of furan rings is 1. The van der Waals surface area contributed by atoms with Gasteiger partial charge in [0.1, 0.15) is 11.8 Å². The number of carbonyl (C=O) groups is 3. The van der Waals surface area contributed by atoms with Crippen LogP contribution in [0.5, 0.6) is 0 Å². The molecule has 2 aromatic heterocycles. The van der Waals surface area contributed by atoms with E-state index in [0.717, 1.165) is 15.6 Å². The van der Waals surface area contributed by atoms with E-state index in [4.69, 9.17) is 9.62 Å². The van der Waals surface area contributed by atoms with Gasteiger partial charge in [0.15, 0.2) is 0 Å². The average Bonchev–Trinajstić information content (AvgIpc) is 3.52. The summed E-state index contributed by atoms with van der Waals surface area (Å²) in [7, 11) is 0. The van der Waals surface area contributed by atoms with Crippen LogP contribution in [0, 0.1) is 0 Å². The smallest absolute Gasteiger partial charge is 0.315 e. The highest BCUT2D eigenvalue weighted by atomic mass is 32.1. The fraction of sp³-hybridized carbons (Fsp3) is 0.125. The van der Waals surface area contributed by atoms with Crippen molar-refractivity contribution in [2.75, 3.05) is 5.32 Å². The van der Waals surface area contributed by atoms with E-state index < -0.39 is 18.0 Å². The van der Waals surface area contributed by atoms with E-state index in [-0.39, 0.29) is 12.5 Å². The lowest BCUT2D eigenvalue weighted by atomic mass is 10.1. The van der Waals surface area contributed by atoms with Crippen LogP contribution in [0.3, 0.4) is 0 Å². The Bertz CT molecular complexity index is 1290. The van der Waals surface area contributed by atoms with Crippen LogP contribution >= 0.6 is 11.3 Å². The number of amides is 4. The van der Waals surface area contributed by atoms with E-state index in [2.05, 4.69) is 16.0 Å². The first-order valence-electron chi connectivity index (χ1n) is 10.4. The van der Waals surface area contributed by atoms with Crippen molar-refractivity contribution in [3.05, 3.63) is 89.2 Å². The lowest BCUT2D eigenvalue weighted by Crippen LogP contribution is -2.48. The zero-order valence-corrected chi connectivity index (χ0v) is 18.7. The number of benzene rings is 2. The average molecular weight is 479 g/mol. The van der Waals surface area contributed by atoms with Crippen LogP contribution in [-0.4, -0.2) is 29.1 Å². The van der Waals surface area contributed by atoms with E-state index in [1.807, 2.05) is 30.3 Å². The summed E-state index contributed by atoms with van der Waals surface area (Å²) in [5.74, 6) is -0.392. The maximum atomic E-state index is 13.1. The zero-order valence-electron chi connectivity index (χ0n) is 17.9. The maximum absolute atomic E-state index is 13.1. The second kappa shape index (κ2) is 10.6. The van der Waals surface area contributed by atoms with Crippen LogP contribution in [0.25, 0.3) is 10.1 Å². The molecule has 2 heterocycles. The lowest BCUT2D eigenvalue weighted by molar-refractivity contribution is -0.117. The number of hydrogen-bond acceptors (Lipinski definition) is 6. The van der Waals surface area contributed by atoms with Crippen molar-refractivity contribution in [2.24, 2.45) is 0 Å². The molecule has 0 saturated heterocycles. The first kappa shape index (κ1) is 23.0. The second-order valence-corrected chi connectivity index (χ2v) is 8.53. The van der Waals surface area contributed by atoms with Crippen molar-refractivity contribution in [1.82, 2.24) is 16.1 Å². The van der Waals surface area contributed by atoms with E-state index in [1.54, 1.807) is 41.9 Å². The number of nitrogens with one attached hydrogen (secondary N) is 4. The Hall–Kier alpha value is -4.15. The number of rotatable bonds is 8. The molecule has 1 unspecified atom stereocenters. The van der Waals surface area contributed by atoms with Gasteiger partial charge in [-0.3, -0.25) is 14.8 Å².